The molecule has 0 aliphatic heterocycles. The third kappa shape index (κ3) is 4.52. The Labute approximate surface area is 207 Å². The fraction of sp³-hybridized carbons (Fsp3) is 0.0370. The van der Waals surface area contributed by atoms with Gasteiger partial charge in [-0.2, -0.15) is 13.2 Å². The van der Waals surface area contributed by atoms with Crippen LogP contribution in [-0.2, 0) is 6.18 Å². The van der Waals surface area contributed by atoms with Gasteiger partial charge in [0, 0.05) is 16.6 Å². The van der Waals surface area contributed by atoms with Crippen molar-refractivity contribution >= 4 is 38.8 Å². The molecular weight excluding hydrogens is 490 g/mol. The first-order chi connectivity index (χ1) is 17.2. The summed E-state index contributed by atoms with van der Waals surface area (Å²) in [6.07, 6.45) is -4.54. The lowest BCUT2D eigenvalue weighted by molar-refractivity contribution is -0.137. The zero-order valence-electron chi connectivity index (χ0n) is 18.4. The average Bonchev–Trinajstić information content (AvgIpc) is 3.21. The molecule has 0 saturated carbocycles. The molecule has 9 heteroatoms. The number of rotatable bonds is 4. The minimum atomic E-state index is -4.54. The number of carbonyl (C=O) groups excluding carboxylic acids is 1. The van der Waals surface area contributed by atoms with Crippen molar-refractivity contribution in [2.45, 2.75) is 6.18 Å². The smallest absolute Gasteiger partial charge is 0.397 e. The number of benzene rings is 3. The number of fused-ring (bicyclic) bond motifs is 1. The normalized spacial score (nSPS) is 11.6. The molecule has 0 unspecified atom stereocenters. The molecule has 0 fully saturated rings. The highest BCUT2D eigenvalue weighted by Crippen LogP contribution is 2.41. The quantitative estimate of drug-likeness (QED) is 0.246. The van der Waals surface area contributed by atoms with Crippen molar-refractivity contribution in [3.8, 4) is 22.4 Å². The monoisotopic (exact) mass is 507 g/mol. The lowest BCUT2D eigenvalue weighted by Crippen LogP contribution is -2.13. The van der Waals surface area contributed by atoms with Crippen LogP contribution in [0.15, 0.2) is 84.9 Å². The zero-order chi connectivity index (χ0) is 25.4. The number of halogens is 4. The van der Waals surface area contributed by atoms with Gasteiger partial charge in [0.2, 0.25) is 0 Å². The number of nitrogen functional groups attached to an aromatic ring is 1. The van der Waals surface area contributed by atoms with E-state index in [1.807, 2.05) is 36.4 Å². The number of nitrogens with zero attached hydrogens (tertiary/aromatic N) is 1. The number of hydrogen-bond acceptors (Lipinski definition) is 4. The molecule has 5 rings (SSSR count). The molecule has 0 aliphatic rings. The van der Waals surface area contributed by atoms with Crippen LogP contribution in [0.1, 0.15) is 15.2 Å². The fourth-order valence-corrected chi connectivity index (χ4v) is 4.88. The first kappa shape index (κ1) is 23.5. The zero-order valence-corrected chi connectivity index (χ0v) is 19.3. The maximum atomic E-state index is 13.6. The van der Waals surface area contributed by atoms with E-state index < -0.39 is 23.5 Å². The Hall–Kier alpha value is -4.24. The summed E-state index contributed by atoms with van der Waals surface area (Å²) in [6.45, 7) is 0. The Morgan fingerprint density at radius 2 is 1.61 bits per heavy atom. The molecule has 0 atom stereocenters. The molecule has 0 spiro atoms. The van der Waals surface area contributed by atoms with Crippen LogP contribution in [0.5, 0.6) is 0 Å². The summed E-state index contributed by atoms with van der Waals surface area (Å²) in [4.78, 5) is 18.4. The van der Waals surface area contributed by atoms with Crippen LogP contribution in [0, 0.1) is 5.82 Å². The van der Waals surface area contributed by atoms with Crippen molar-refractivity contribution in [2.24, 2.45) is 0 Å². The van der Waals surface area contributed by atoms with E-state index in [1.54, 1.807) is 12.1 Å². The van der Waals surface area contributed by atoms with Gasteiger partial charge in [0.1, 0.15) is 15.5 Å². The number of alkyl halides is 3. The van der Waals surface area contributed by atoms with Crippen LogP contribution in [0.2, 0.25) is 0 Å². The van der Waals surface area contributed by atoms with Crippen LogP contribution in [0.4, 0.5) is 28.9 Å². The SMILES string of the molecule is Nc1c(C(=O)Nc2cccc(C(F)(F)F)c2)sc2nc(-c3ccccc3)cc(-c3ccc(F)cc3)c12. The molecule has 1 amide bonds. The minimum absolute atomic E-state index is 0.0108. The topological polar surface area (TPSA) is 68.0 Å². The average molecular weight is 508 g/mol. The molecule has 0 radical (unpaired) electrons. The van der Waals surface area contributed by atoms with Gasteiger partial charge in [-0.25, -0.2) is 9.37 Å². The van der Waals surface area contributed by atoms with Crippen molar-refractivity contribution in [3.63, 3.8) is 0 Å². The van der Waals surface area contributed by atoms with Gasteiger partial charge in [0.05, 0.1) is 16.9 Å². The second kappa shape index (κ2) is 9.09. The number of nitrogens with one attached hydrogen (secondary N) is 1. The first-order valence-electron chi connectivity index (χ1n) is 10.7. The Balaban J connectivity index is 1.62. The fourth-order valence-electron chi connectivity index (χ4n) is 3.86. The second-order valence-electron chi connectivity index (χ2n) is 7.99. The first-order valence-corrected chi connectivity index (χ1v) is 11.6. The Bertz CT molecular complexity index is 1580. The molecule has 0 aliphatic carbocycles. The third-order valence-electron chi connectivity index (χ3n) is 5.58. The summed E-state index contributed by atoms with van der Waals surface area (Å²) in [5, 5.41) is 3.01. The Kier molecular flexibility index (Phi) is 5.93. The van der Waals surface area contributed by atoms with Gasteiger partial charge in [0.15, 0.2) is 0 Å². The van der Waals surface area contributed by atoms with Gasteiger partial charge in [-0.15, -0.1) is 11.3 Å². The number of hydrogen-bond donors (Lipinski definition) is 2. The second-order valence-corrected chi connectivity index (χ2v) is 8.98. The van der Waals surface area contributed by atoms with Crippen LogP contribution < -0.4 is 11.1 Å². The molecule has 0 saturated heterocycles. The molecule has 180 valence electrons. The van der Waals surface area contributed by atoms with Crippen molar-refractivity contribution in [2.75, 3.05) is 11.1 Å². The standard InChI is InChI=1S/C27H17F4N3OS/c28-18-11-9-15(10-12-18)20-14-21(16-5-2-1-3-6-16)34-26-22(20)23(32)24(36-26)25(35)33-19-8-4-7-17(13-19)27(29,30)31/h1-14H,32H2,(H,33,35). The van der Waals surface area contributed by atoms with Crippen molar-refractivity contribution in [3.05, 3.63) is 101 Å². The molecule has 5 aromatic rings. The molecule has 36 heavy (non-hydrogen) atoms. The molecular formula is C27H17F4N3OS. The van der Waals surface area contributed by atoms with Crippen molar-refractivity contribution in [1.82, 2.24) is 4.98 Å². The summed E-state index contributed by atoms with van der Waals surface area (Å²) in [5.41, 5.74) is 8.47. The summed E-state index contributed by atoms with van der Waals surface area (Å²) in [5.74, 6) is -1.05. The van der Waals surface area contributed by atoms with E-state index in [0.29, 0.717) is 27.0 Å². The molecule has 2 aromatic heterocycles. The third-order valence-corrected chi connectivity index (χ3v) is 6.68. The highest BCUT2D eigenvalue weighted by atomic mass is 32.1. The minimum Gasteiger partial charge on any atom is -0.397 e. The van der Waals surface area contributed by atoms with E-state index in [1.165, 1.54) is 24.3 Å². The lowest BCUT2D eigenvalue weighted by atomic mass is 9.99. The predicted octanol–water partition coefficient (Wildman–Crippen LogP) is 7.62. The number of thiophene rings is 1. The van der Waals surface area contributed by atoms with E-state index in [4.69, 9.17) is 10.7 Å². The molecule has 0 bridgehead atoms. The summed E-state index contributed by atoms with van der Waals surface area (Å²) in [7, 11) is 0. The van der Waals surface area contributed by atoms with Crippen LogP contribution >= 0.6 is 11.3 Å². The summed E-state index contributed by atoms with van der Waals surface area (Å²) in [6, 6.07) is 21.5. The number of pyridine rings is 1. The summed E-state index contributed by atoms with van der Waals surface area (Å²) >= 11 is 1.04. The van der Waals surface area contributed by atoms with Crippen LogP contribution in [0.3, 0.4) is 0 Å². The number of amides is 1. The van der Waals surface area contributed by atoms with Crippen molar-refractivity contribution in [1.29, 1.82) is 0 Å². The van der Waals surface area contributed by atoms with Gasteiger partial charge < -0.3 is 11.1 Å². The van der Waals surface area contributed by atoms with E-state index in [9.17, 15) is 22.4 Å². The van der Waals surface area contributed by atoms with E-state index in [-0.39, 0.29) is 16.3 Å². The predicted molar refractivity (Wildman–Crippen MR) is 134 cm³/mol. The molecule has 2 heterocycles. The number of aromatic nitrogens is 1. The van der Waals surface area contributed by atoms with Gasteiger partial charge in [0.25, 0.3) is 5.91 Å². The molecule has 4 nitrogen and oxygen atoms in total. The Morgan fingerprint density at radius 1 is 0.889 bits per heavy atom. The maximum Gasteiger partial charge on any atom is 0.416 e. The van der Waals surface area contributed by atoms with E-state index >= 15 is 0 Å². The van der Waals surface area contributed by atoms with Gasteiger partial charge in [-0.1, -0.05) is 48.5 Å². The highest BCUT2D eigenvalue weighted by Gasteiger charge is 2.30. The molecule has 3 aromatic carbocycles. The summed E-state index contributed by atoms with van der Waals surface area (Å²) < 4.78 is 52.8. The number of anilines is 2. The van der Waals surface area contributed by atoms with Gasteiger partial charge in [-0.3, -0.25) is 4.79 Å². The van der Waals surface area contributed by atoms with Gasteiger partial charge in [-0.05, 0) is 47.5 Å². The largest absolute Gasteiger partial charge is 0.416 e. The van der Waals surface area contributed by atoms with E-state index in [2.05, 4.69) is 5.32 Å². The molecule has 3 N–H and O–H groups in total. The lowest BCUT2D eigenvalue weighted by Gasteiger charge is -2.10. The van der Waals surface area contributed by atoms with Crippen molar-refractivity contribution < 1.29 is 22.4 Å². The Morgan fingerprint density at radius 3 is 2.31 bits per heavy atom. The maximum absolute atomic E-state index is 13.6. The number of carbonyl (C=O) groups is 1. The van der Waals surface area contributed by atoms with Crippen LogP contribution in [-0.4, -0.2) is 10.9 Å². The van der Waals surface area contributed by atoms with E-state index in [0.717, 1.165) is 29.0 Å². The van der Waals surface area contributed by atoms with Gasteiger partial charge >= 0.3 is 6.18 Å². The van der Waals surface area contributed by atoms with Crippen LogP contribution in [0.25, 0.3) is 32.6 Å². The highest BCUT2D eigenvalue weighted by molar-refractivity contribution is 7.21. The number of nitrogens with two attached hydrogens (primary N) is 1.